The number of benzene rings is 2. The first-order valence-electron chi connectivity index (χ1n) is 10.4. The molecule has 2 N–H and O–H groups in total. The highest BCUT2D eigenvalue weighted by Crippen LogP contribution is 2.37. The summed E-state index contributed by atoms with van der Waals surface area (Å²) < 4.78 is 21.2. The smallest absolute Gasteiger partial charge is 0.230 e. The Kier molecular flexibility index (Phi) is 5.18. The quantitative estimate of drug-likeness (QED) is 0.400. The predicted molar refractivity (Wildman–Crippen MR) is 122 cm³/mol. The van der Waals surface area contributed by atoms with Crippen molar-refractivity contribution in [3.63, 3.8) is 0 Å². The lowest BCUT2D eigenvalue weighted by molar-refractivity contribution is -0.118. The number of nitrogens with zero attached hydrogens (tertiary/aromatic N) is 4. The van der Waals surface area contributed by atoms with E-state index < -0.39 is 5.91 Å². The Morgan fingerprint density at radius 3 is 2.55 bits per heavy atom. The van der Waals surface area contributed by atoms with Crippen molar-refractivity contribution in [2.45, 2.75) is 19.4 Å². The second kappa shape index (κ2) is 8.31. The van der Waals surface area contributed by atoms with Gasteiger partial charge in [0.2, 0.25) is 11.6 Å². The predicted octanol–water partition coefficient (Wildman–Crippen LogP) is 5.00. The van der Waals surface area contributed by atoms with E-state index >= 15 is 0 Å². The number of furan rings is 1. The van der Waals surface area contributed by atoms with Crippen LogP contribution in [-0.4, -0.2) is 25.7 Å². The molecule has 0 aliphatic heterocycles. The van der Waals surface area contributed by atoms with E-state index in [2.05, 4.69) is 9.97 Å². The molecule has 0 saturated carbocycles. The van der Waals surface area contributed by atoms with Gasteiger partial charge >= 0.3 is 0 Å². The Hall–Kier alpha value is -4.33. The Morgan fingerprint density at radius 1 is 1.06 bits per heavy atom. The molecule has 1 unspecified atom stereocenters. The third-order valence-corrected chi connectivity index (χ3v) is 5.44. The molecular weight excluding hydrogens is 421 g/mol. The topological polar surface area (TPSA) is 99.8 Å². The standard InChI is InChI=1S/C25H20FN5O2/c1-15(11-22(27)32)31-13-20(23(30-31)17-7-9-18(26)10-8-17)24-19-12-21(16-5-3-2-4-6-16)33-25(19)29-14-28-24/h2-10,12-15H,11H2,1H3,(H2,27,32). The van der Waals surface area contributed by atoms with Gasteiger partial charge in [-0.2, -0.15) is 5.10 Å². The first-order chi connectivity index (χ1) is 16.0. The molecule has 0 radical (unpaired) electrons. The summed E-state index contributed by atoms with van der Waals surface area (Å²) in [5.41, 5.74) is 9.42. The number of primary amides is 1. The summed E-state index contributed by atoms with van der Waals surface area (Å²) in [7, 11) is 0. The highest BCUT2D eigenvalue weighted by atomic mass is 19.1. The van der Waals surface area contributed by atoms with Gasteiger partial charge < -0.3 is 10.2 Å². The number of rotatable bonds is 6. The Balaban J connectivity index is 1.69. The minimum absolute atomic E-state index is 0.132. The molecule has 8 heteroatoms. The molecule has 3 aromatic heterocycles. The van der Waals surface area contributed by atoms with E-state index in [1.165, 1.54) is 18.5 Å². The number of carbonyl (C=O) groups excluding carboxylic acids is 1. The van der Waals surface area contributed by atoms with E-state index in [4.69, 9.17) is 15.2 Å². The molecule has 0 fully saturated rings. The van der Waals surface area contributed by atoms with Crippen LogP contribution in [0.4, 0.5) is 4.39 Å². The molecule has 0 saturated heterocycles. The van der Waals surface area contributed by atoms with Gasteiger partial charge in [0, 0.05) is 29.3 Å². The van der Waals surface area contributed by atoms with Gasteiger partial charge in [-0.25, -0.2) is 14.4 Å². The van der Waals surface area contributed by atoms with Crippen LogP contribution in [0.25, 0.3) is 44.9 Å². The third-order valence-electron chi connectivity index (χ3n) is 5.44. The maximum Gasteiger partial charge on any atom is 0.230 e. The number of hydrogen-bond donors (Lipinski definition) is 1. The molecule has 164 valence electrons. The van der Waals surface area contributed by atoms with Crippen LogP contribution in [0.3, 0.4) is 0 Å². The molecule has 5 aromatic rings. The Morgan fingerprint density at radius 2 is 1.82 bits per heavy atom. The summed E-state index contributed by atoms with van der Waals surface area (Å²) in [6, 6.07) is 17.4. The Labute approximate surface area is 188 Å². The maximum absolute atomic E-state index is 13.6. The normalized spacial score (nSPS) is 12.2. The molecule has 0 bridgehead atoms. The van der Waals surface area contributed by atoms with Crippen molar-refractivity contribution in [2.75, 3.05) is 0 Å². The van der Waals surface area contributed by atoms with Crippen molar-refractivity contribution in [3.05, 3.63) is 79.0 Å². The van der Waals surface area contributed by atoms with Crippen molar-refractivity contribution in [1.82, 2.24) is 19.7 Å². The van der Waals surface area contributed by atoms with Crippen molar-refractivity contribution in [3.8, 4) is 33.8 Å². The lowest BCUT2D eigenvalue weighted by Crippen LogP contribution is -2.17. The largest absolute Gasteiger partial charge is 0.438 e. The average Bonchev–Trinajstić information content (AvgIpc) is 3.45. The van der Waals surface area contributed by atoms with E-state index in [1.54, 1.807) is 16.8 Å². The molecular formula is C25H20FN5O2. The van der Waals surface area contributed by atoms with Gasteiger partial charge in [0.15, 0.2) is 0 Å². The summed E-state index contributed by atoms with van der Waals surface area (Å²) >= 11 is 0. The van der Waals surface area contributed by atoms with Crippen molar-refractivity contribution < 1.29 is 13.6 Å². The second-order valence-corrected chi connectivity index (χ2v) is 7.82. The van der Waals surface area contributed by atoms with Crippen molar-refractivity contribution in [2.24, 2.45) is 5.73 Å². The van der Waals surface area contributed by atoms with Crippen LogP contribution in [-0.2, 0) is 4.79 Å². The third kappa shape index (κ3) is 3.98. The zero-order chi connectivity index (χ0) is 22.9. The SMILES string of the molecule is CC(CC(N)=O)n1cc(-c2ncnc3oc(-c4ccccc4)cc23)c(-c2ccc(F)cc2)n1. The average molecular weight is 441 g/mol. The zero-order valence-electron chi connectivity index (χ0n) is 17.8. The first kappa shape index (κ1) is 20.6. The fourth-order valence-electron chi connectivity index (χ4n) is 3.81. The summed E-state index contributed by atoms with van der Waals surface area (Å²) in [5.74, 6) is -0.0894. The lowest BCUT2D eigenvalue weighted by Gasteiger charge is -2.09. The van der Waals surface area contributed by atoms with Gasteiger partial charge in [0.1, 0.15) is 23.6 Å². The number of fused-ring (bicyclic) bond motifs is 1. The van der Waals surface area contributed by atoms with Gasteiger partial charge in [0.25, 0.3) is 0 Å². The minimum atomic E-state index is -0.422. The molecule has 33 heavy (non-hydrogen) atoms. The monoisotopic (exact) mass is 441 g/mol. The Bertz CT molecular complexity index is 1440. The van der Waals surface area contributed by atoms with E-state index in [9.17, 15) is 9.18 Å². The number of halogens is 1. The van der Waals surface area contributed by atoms with Crippen LogP contribution in [0.15, 0.2) is 77.6 Å². The molecule has 1 amide bonds. The molecule has 1 atom stereocenters. The van der Waals surface area contributed by atoms with E-state index in [0.717, 1.165) is 16.5 Å². The number of amides is 1. The molecule has 0 aliphatic carbocycles. The molecule has 5 rings (SSSR count). The highest BCUT2D eigenvalue weighted by Gasteiger charge is 2.21. The van der Waals surface area contributed by atoms with Gasteiger partial charge in [-0.05, 0) is 37.3 Å². The van der Waals surface area contributed by atoms with Crippen molar-refractivity contribution in [1.29, 1.82) is 0 Å². The van der Waals surface area contributed by atoms with Crippen LogP contribution < -0.4 is 5.73 Å². The lowest BCUT2D eigenvalue weighted by atomic mass is 10.0. The number of hydrogen-bond acceptors (Lipinski definition) is 5. The van der Waals surface area contributed by atoms with Gasteiger partial charge in [0.05, 0.1) is 17.1 Å². The molecule has 0 aliphatic rings. The highest BCUT2D eigenvalue weighted by molar-refractivity contribution is 5.95. The van der Waals surface area contributed by atoms with E-state index in [-0.39, 0.29) is 18.3 Å². The molecule has 3 heterocycles. The molecule has 7 nitrogen and oxygen atoms in total. The number of nitrogens with two attached hydrogens (primary N) is 1. The zero-order valence-corrected chi connectivity index (χ0v) is 17.8. The summed E-state index contributed by atoms with van der Waals surface area (Å²) in [6.45, 7) is 1.86. The maximum atomic E-state index is 13.6. The van der Waals surface area contributed by atoms with Crippen LogP contribution >= 0.6 is 0 Å². The van der Waals surface area contributed by atoms with Gasteiger partial charge in [-0.3, -0.25) is 9.48 Å². The summed E-state index contributed by atoms with van der Waals surface area (Å²) in [6.07, 6.45) is 3.39. The van der Waals surface area contributed by atoms with E-state index in [0.29, 0.717) is 28.4 Å². The van der Waals surface area contributed by atoms with Gasteiger partial charge in [-0.1, -0.05) is 30.3 Å². The van der Waals surface area contributed by atoms with Gasteiger partial charge in [-0.15, -0.1) is 0 Å². The van der Waals surface area contributed by atoms with E-state index in [1.807, 2.05) is 49.5 Å². The van der Waals surface area contributed by atoms with Crippen LogP contribution in [0.2, 0.25) is 0 Å². The first-order valence-corrected chi connectivity index (χ1v) is 10.4. The van der Waals surface area contributed by atoms with Crippen LogP contribution in [0, 0.1) is 5.82 Å². The number of aromatic nitrogens is 4. The number of carbonyl (C=O) groups is 1. The fraction of sp³-hybridized carbons (Fsp3) is 0.120. The minimum Gasteiger partial charge on any atom is -0.438 e. The fourth-order valence-corrected chi connectivity index (χ4v) is 3.81. The summed E-state index contributed by atoms with van der Waals surface area (Å²) in [4.78, 5) is 20.3. The van der Waals surface area contributed by atoms with Crippen LogP contribution in [0.5, 0.6) is 0 Å². The molecule has 2 aromatic carbocycles. The second-order valence-electron chi connectivity index (χ2n) is 7.82. The summed E-state index contributed by atoms with van der Waals surface area (Å²) in [5, 5.41) is 5.43. The molecule has 0 spiro atoms. The van der Waals surface area contributed by atoms with Crippen LogP contribution in [0.1, 0.15) is 19.4 Å². The van der Waals surface area contributed by atoms with Crippen molar-refractivity contribution >= 4 is 17.0 Å².